The van der Waals surface area contributed by atoms with E-state index in [0.29, 0.717) is 44.3 Å². The molecule has 0 radical (unpaired) electrons. The molecule has 0 bridgehead atoms. The third-order valence-electron chi connectivity index (χ3n) is 4.62. The zero-order chi connectivity index (χ0) is 18.5. The van der Waals surface area contributed by atoms with E-state index in [1.54, 1.807) is 41.1 Å². The van der Waals surface area contributed by atoms with Gasteiger partial charge in [-0.1, -0.05) is 0 Å². The van der Waals surface area contributed by atoms with Crippen LogP contribution >= 0.6 is 0 Å². The molecule has 3 amide bonds. The molecule has 3 rings (SSSR count). The summed E-state index contributed by atoms with van der Waals surface area (Å²) in [6, 6.07) is 6.97. The summed E-state index contributed by atoms with van der Waals surface area (Å²) in [5, 5.41) is 2.58. The van der Waals surface area contributed by atoms with Gasteiger partial charge in [-0.05, 0) is 24.3 Å². The molecule has 8 nitrogen and oxygen atoms in total. The van der Waals surface area contributed by atoms with Gasteiger partial charge in [0.05, 0.1) is 19.1 Å². The first-order valence-corrected chi connectivity index (χ1v) is 8.69. The molecule has 2 aliphatic heterocycles. The van der Waals surface area contributed by atoms with Crippen molar-refractivity contribution in [2.24, 2.45) is 5.92 Å². The molecule has 1 N–H and O–H groups in total. The van der Waals surface area contributed by atoms with Crippen molar-refractivity contribution in [3.63, 3.8) is 0 Å². The van der Waals surface area contributed by atoms with Crippen LogP contribution in [0.5, 0.6) is 5.75 Å². The lowest BCUT2D eigenvalue weighted by atomic mass is 10.1. The molecule has 1 aromatic rings. The third kappa shape index (κ3) is 4.13. The van der Waals surface area contributed by atoms with Crippen LogP contribution in [0.25, 0.3) is 0 Å². The Kier molecular flexibility index (Phi) is 5.72. The van der Waals surface area contributed by atoms with Crippen molar-refractivity contribution in [2.45, 2.75) is 6.42 Å². The van der Waals surface area contributed by atoms with Gasteiger partial charge in [-0.25, -0.2) is 0 Å². The van der Waals surface area contributed by atoms with Crippen LogP contribution in [0.2, 0.25) is 0 Å². The second-order valence-corrected chi connectivity index (χ2v) is 6.30. The van der Waals surface area contributed by atoms with Gasteiger partial charge in [0.2, 0.25) is 11.8 Å². The van der Waals surface area contributed by atoms with Crippen molar-refractivity contribution in [3.8, 4) is 5.75 Å². The van der Waals surface area contributed by atoms with E-state index >= 15 is 0 Å². The summed E-state index contributed by atoms with van der Waals surface area (Å²) in [6.45, 7) is 2.63. The van der Waals surface area contributed by atoms with Crippen LogP contribution in [0.15, 0.2) is 24.3 Å². The van der Waals surface area contributed by atoms with Crippen molar-refractivity contribution >= 4 is 23.4 Å². The van der Waals surface area contributed by atoms with Crippen LogP contribution in [0, 0.1) is 5.92 Å². The Bertz CT molecular complexity index is 670. The average molecular weight is 361 g/mol. The molecule has 1 unspecified atom stereocenters. The summed E-state index contributed by atoms with van der Waals surface area (Å²) in [4.78, 5) is 39.2. The second-order valence-electron chi connectivity index (χ2n) is 6.30. The fraction of sp³-hybridized carbons (Fsp3) is 0.500. The first-order chi connectivity index (χ1) is 12.6. The number of amides is 3. The Morgan fingerprint density at radius 3 is 2.58 bits per heavy atom. The van der Waals surface area contributed by atoms with Gasteiger partial charge in [-0.2, -0.15) is 0 Å². The Morgan fingerprint density at radius 1 is 1.23 bits per heavy atom. The molecule has 0 spiro atoms. The molecule has 26 heavy (non-hydrogen) atoms. The molecule has 1 atom stereocenters. The predicted molar refractivity (Wildman–Crippen MR) is 93.9 cm³/mol. The van der Waals surface area contributed by atoms with E-state index in [9.17, 15) is 14.4 Å². The molecular weight excluding hydrogens is 338 g/mol. The Labute approximate surface area is 152 Å². The highest BCUT2D eigenvalue weighted by Crippen LogP contribution is 2.27. The molecule has 2 saturated heterocycles. The first kappa shape index (κ1) is 18.2. The summed E-state index contributed by atoms with van der Waals surface area (Å²) in [5.41, 5.74) is 0.716. The number of hydrogen-bond acceptors (Lipinski definition) is 5. The van der Waals surface area contributed by atoms with Gasteiger partial charge in [0.15, 0.2) is 6.61 Å². The lowest BCUT2D eigenvalue weighted by Gasteiger charge is -2.26. The Hall–Kier alpha value is -2.61. The lowest BCUT2D eigenvalue weighted by Crippen LogP contribution is -2.42. The van der Waals surface area contributed by atoms with Crippen molar-refractivity contribution < 1.29 is 23.9 Å². The van der Waals surface area contributed by atoms with Gasteiger partial charge in [-0.3, -0.25) is 14.4 Å². The van der Waals surface area contributed by atoms with Crippen LogP contribution in [0.1, 0.15) is 6.42 Å². The number of hydrogen-bond donors (Lipinski definition) is 1. The molecule has 2 heterocycles. The van der Waals surface area contributed by atoms with Gasteiger partial charge >= 0.3 is 0 Å². The third-order valence-corrected chi connectivity index (χ3v) is 4.62. The van der Waals surface area contributed by atoms with Crippen LogP contribution in [0.3, 0.4) is 0 Å². The second kappa shape index (κ2) is 8.18. The van der Waals surface area contributed by atoms with Crippen LogP contribution < -0.4 is 15.0 Å². The number of nitrogens with one attached hydrogen (secondary N) is 1. The number of anilines is 1. The molecule has 0 aliphatic carbocycles. The molecule has 2 aliphatic rings. The number of rotatable bonds is 5. The fourth-order valence-electron chi connectivity index (χ4n) is 3.11. The monoisotopic (exact) mass is 361 g/mol. The Morgan fingerprint density at radius 2 is 1.92 bits per heavy atom. The topological polar surface area (TPSA) is 88.2 Å². The van der Waals surface area contributed by atoms with E-state index in [2.05, 4.69) is 5.32 Å². The standard InChI is InChI=1S/C18H23N3O5/c1-19-18(24)13-10-16(22)21(11-13)14-2-4-15(5-3-14)26-12-17(23)20-6-8-25-9-7-20/h2-5,13H,6-12H2,1H3,(H,19,24). The summed E-state index contributed by atoms with van der Waals surface area (Å²) in [5.74, 6) is -0.0304. The SMILES string of the molecule is CNC(=O)C1CC(=O)N(c2ccc(OCC(=O)N3CCOCC3)cc2)C1. The maximum atomic E-state index is 12.1. The summed E-state index contributed by atoms with van der Waals surface area (Å²) in [6.07, 6.45) is 0.214. The van der Waals surface area contributed by atoms with Crippen molar-refractivity contribution in [1.29, 1.82) is 0 Å². The van der Waals surface area contributed by atoms with Crippen molar-refractivity contribution in [1.82, 2.24) is 10.2 Å². The number of benzene rings is 1. The molecule has 1 aromatic carbocycles. The minimum atomic E-state index is -0.324. The first-order valence-electron chi connectivity index (χ1n) is 8.69. The quantitative estimate of drug-likeness (QED) is 0.799. The maximum absolute atomic E-state index is 12.1. The molecule has 140 valence electrons. The van der Waals surface area contributed by atoms with Crippen LogP contribution in [-0.4, -0.2) is 69.1 Å². The van der Waals surface area contributed by atoms with Gasteiger partial charge in [0, 0.05) is 38.8 Å². The number of ether oxygens (including phenoxy) is 2. The van der Waals surface area contributed by atoms with E-state index < -0.39 is 0 Å². The molecular formula is C18H23N3O5. The van der Waals surface area contributed by atoms with Crippen LogP contribution in [-0.2, 0) is 19.1 Å². The lowest BCUT2D eigenvalue weighted by molar-refractivity contribution is -0.137. The van der Waals surface area contributed by atoms with Crippen LogP contribution in [0.4, 0.5) is 5.69 Å². The summed E-state index contributed by atoms with van der Waals surface area (Å²) < 4.78 is 10.8. The van der Waals surface area contributed by atoms with Crippen molar-refractivity contribution in [2.75, 3.05) is 51.4 Å². The normalized spacial score (nSPS) is 20.2. The minimum absolute atomic E-state index is 0.0270. The molecule has 8 heteroatoms. The molecule has 2 fully saturated rings. The largest absolute Gasteiger partial charge is 0.484 e. The van der Waals surface area contributed by atoms with E-state index in [1.165, 1.54) is 0 Å². The van der Waals surface area contributed by atoms with Gasteiger partial charge < -0.3 is 24.6 Å². The van der Waals surface area contributed by atoms with Gasteiger partial charge in [-0.15, -0.1) is 0 Å². The highest BCUT2D eigenvalue weighted by Gasteiger charge is 2.34. The van der Waals surface area contributed by atoms with E-state index in [1.807, 2.05) is 0 Å². The van der Waals surface area contributed by atoms with E-state index in [4.69, 9.17) is 9.47 Å². The maximum Gasteiger partial charge on any atom is 0.260 e. The molecule has 0 saturated carbocycles. The summed E-state index contributed by atoms with van der Waals surface area (Å²) >= 11 is 0. The van der Waals surface area contributed by atoms with Gasteiger partial charge in [0.1, 0.15) is 5.75 Å². The smallest absolute Gasteiger partial charge is 0.260 e. The number of carbonyl (C=O) groups is 3. The minimum Gasteiger partial charge on any atom is -0.484 e. The fourth-order valence-corrected chi connectivity index (χ4v) is 3.11. The number of morpholine rings is 1. The number of carbonyl (C=O) groups excluding carboxylic acids is 3. The van der Waals surface area contributed by atoms with Crippen molar-refractivity contribution in [3.05, 3.63) is 24.3 Å². The zero-order valence-electron chi connectivity index (χ0n) is 14.8. The summed E-state index contributed by atoms with van der Waals surface area (Å²) in [7, 11) is 1.57. The highest BCUT2D eigenvalue weighted by molar-refractivity contribution is 6.00. The molecule has 0 aromatic heterocycles. The van der Waals surface area contributed by atoms with E-state index in [0.717, 1.165) is 0 Å². The zero-order valence-corrected chi connectivity index (χ0v) is 14.8. The average Bonchev–Trinajstić information content (AvgIpc) is 3.08. The number of nitrogens with zero attached hydrogens (tertiary/aromatic N) is 2. The predicted octanol–water partition coefficient (Wildman–Crippen LogP) is 0.0231. The highest BCUT2D eigenvalue weighted by atomic mass is 16.5. The van der Waals surface area contributed by atoms with E-state index in [-0.39, 0.29) is 36.7 Å². The van der Waals surface area contributed by atoms with Gasteiger partial charge in [0.25, 0.3) is 5.91 Å². The Balaban J connectivity index is 1.54.